The van der Waals surface area contributed by atoms with E-state index in [0.29, 0.717) is 6.67 Å². The zero-order chi connectivity index (χ0) is 16.2. The summed E-state index contributed by atoms with van der Waals surface area (Å²) in [5, 5.41) is 8.64. The van der Waals surface area contributed by atoms with Gasteiger partial charge in [0.1, 0.15) is 5.75 Å². The van der Waals surface area contributed by atoms with Crippen LogP contribution in [-0.2, 0) is 11.4 Å². The fraction of sp³-hybridized carbons (Fsp3) is 0.467. The Kier molecular flexibility index (Phi) is 5.27. The highest BCUT2D eigenvalue weighted by Crippen LogP contribution is 2.23. The molecule has 0 bridgehead atoms. The number of hydrogen-bond donors (Lipinski definition) is 1. The molecule has 1 aromatic carbocycles. The molecule has 1 atom stereocenters. The minimum atomic E-state index is 0.255. The number of aromatic nitrogens is 2. The fourth-order valence-electron chi connectivity index (χ4n) is 2.48. The SMILES string of the molecule is COc1cccc(Nc2nn(CN3CCO[C@H](C)C3)c(=S)s2)c1. The quantitative estimate of drug-likeness (QED) is 0.835. The third-order valence-corrected chi connectivity index (χ3v) is 4.81. The molecule has 3 rings (SSSR count). The highest BCUT2D eigenvalue weighted by atomic mass is 32.1. The molecule has 6 nitrogen and oxygen atoms in total. The average Bonchev–Trinajstić information content (AvgIpc) is 2.87. The summed E-state index contributed by atoms with van der Waals surface area (Å²) >= 11 is 6.90. The van der Waals surface area contributed by atoms with Crippen LogP contribution in [0, 0.1) is 3.95 Å². The van der Waals surface area contributed by atoms with Crippen LogP contribution in [0.4, 0.5) is 10.8 Å². The third-order valence-electron chi connectivity index (χ3n) is 3.59. The van der Waals surface area contributed by atoms with Gasteiger partial charge in [0.15, 0.2) is 3.95 Å². The van der Waals surface area contributed by atoms with E-state index in [4.69, 9.17) is 21.7 Å². The summed E-state index contributed by atoms with van der Waals surface area (Å²) in [7, 11) is 1.65. The number of morpholine rings is 1. The lowest BCUT2D eigenvalue weighted by atomic mass is 10.3. The van der Waals surface area contributed by atoms with Gasteiger partial charge in [-0.25, -0.2) is 4.68 Å². The maximum absolute atomic E-state index is 5.56. The second-order valence-corrected chi connectivity index (χ2v) is 7.05. The third kappa shape index (κ3) is 4.29. The molecule has 1 aliphatic heterocycles. The summed E-state index contributed by atoms with van der Waals surface area (Å²) in [5.41, 5.74) is 0.931. The van der Waals surface area contributed by atoms with Crippen LogP contribution in [0.2, 0.25) is 0 Å². The van der Waals surface area contributed by atoms with Gasteiger partial charge >= 0.3 is 0 Å². The van der Waals surface area contributed by atoms with E-state index >= 15 is 0 Å². The molecule has 2 aromatic rings. The molecule has 0 saturated carbocycles. The van der Waals surface area contributed by atoms with Gasteiger partial charge in [-0.3, -0.25) is 4.90 Å². The zero-order valence-corrected chi connectivity index (χ0v) is 14.8. The van der Waals surface area contributed by atoms with E-state index in [9.17, 15) is 0 Å². The lowest BCUT2D eigenvalue weighted by Gasteiger charge is -2.30. The topological polar surface area (TPSA) is 51.5 Å². The Morgan fingerprint density at radius 1 is 1.52 bits per heavy atom. The molecule has 1 N–H and O–H groups in total. The van der Waals surface area contributed by atoms with E-state index in [1.807, 2.05) is 28.9 Å². The molecular formula is C15H20N4O2S2. The summed E-state index contributed by atoms with van der Waals surface area (Å²) in [5.74, 6) is 0.806. The summed E-state index contributed by atoms with van der Waals surface area (Å²) < 4.78 is 13.4. The zero-order valence-electron chi connectivity index (χ0n) is 13.2. The Hall–Kier alpha value is -1.48. The monoisotopic (exact) mass is 352 g/mol. The van der Waals surface area contributed by atoms with Crippen molar-refractivity contribution in [3.8, 4) is 5.75 Å². The Morgan fingerprint density at radius 2 is 2.39 bits per heavy atom. The molecule has 0 aliphatic carbocycles. The molecule has 23 heavy (non-hydrogen) atoms. The Balaban J connectivity index is 1.69. The summed E-state index contributed by atoms with van der Waals surface area (Å²) in [6.07, 6.45) is 0.255. The number of hydrogen-bond acceptors (Lipinski definition) is 7. The van der Waals surface area contributed by atoms with E-state index in [1.165, 1.54) is 11.3 Å². The molecule has 124 valence electrons. The molecule has 1 fully saturated rings. The predicted molar refractivity (Wildman–Crippen MR) is 94.2 cm³/mol. The van der Waals surface area contributed by atoms with Crippen molar-refractivity contribution in [1.82, 2.24) is 14.7 Å². The fourth-order valence-corrected chi connectivity index (χ4v) is 3.49. The largest absolute Gasteiger partial charge is 0.497 e. The molecule has 0 radical (unpaired) electrons. The van der Waals surface area contributed by atoms with Gasteiger partial charge in [0, 0.05) is 24.8 Å². The van der Waals surface area contributed by atoms with Crippen LogP contribution in [0.1, 0.15) is 6.92 Å². The molecule has 1 aliphatic rings. The first-order valence-electron chi connectivity index (χ1n) is 7.47. The van der Waals surface area contributed by atoms with Gasteiger partial charge in [-0.15, -0.1) is 5.10 Å². The van der Waals surface area contributed by atoms with Crippen LogP contribution >= 0.6 is 23.6 Å². The Morgan fingerprint density at radius 3 is 3.17 bits per heavy atom. The molecule has 8 heteroatoms. The van der Waals surface area contributed by atoms with Gasteiger partial charge in [0.05, 0.1) is 26.5 Å². The molecule has 1 saturated heterocycles. The average molecular weight is 352 g/mol. The van der Waals surface area contributed by atoms with E-state index in [-0.39, 0.29) is 6.10 Å². The number of nitrogens with one attached hydrogen (secondary N) is 1. The first-order valence-corrected chi connectivity index (χ1v) is 8.69. The number of nitrogens with zero attached hydrogens (tertiary/aromatic N) is 3. The van der Waals surface area contributed by atoms with Crippen LogP contribution in [0.25, 0.3) is 0 Å². The predicted octanol–water partition coefficient (Wildman–Crippen LogP) is 3.10. The second kappa shape index (κ2) is 7.39. The minimum absolute atomic E-state index is 0.255. The van der Waals surface area contributed by atoms with Crippen LogP contribution in [0.15, 0.2) is 24.3 Å². The van der Waals surface area contributed by atoms with Crippen LogP contribution in [-0.4, -0.2) is 47.6 Å². The smallest absolute Gasteiger partial charge is 0.209 e. The van der Waals surface area contributed by atoms with Crippen molar-refractivity contribution in [2.24, 2.45) is 0 Å². The van der Waals surface area contributed by atoms with Crippen molar-refractivity contribution in [1.29, 1.82) is 0 Å². The molecule has 2 heterocycles. The van der Waals surface area contributed by atoms with E-state index in [0.717, 1.165) is 40.2 Å². The maximum atomic E-state index is 5.56. The van der Waals surface area contributed by atoms with Gasteiger partial charge in [0.2, 0.25) is 5.13 Å². The van der Waals surface area contributed by atoms with Gasteiger partial charge < -0.3 is 14.8 Å². The van der Waals surface area contributed by atoms with Crippen LogP contribution < -0.4 is 10.1 Å². The van der Waals surface area contributed by atoms with E-state index < -0.39 is 0 Å². The number of ether oxygens (including phenoxy) is 2. The molecule has 1 aromatic heterocycles. The molecule has 0 unspecified atom stereocenters. The lowest BCUT2D eigenvalue weighted by Crippen LogP contribution is -2.42. The van der Waals surface area contributed by atoms with Crippen LogP contribution in [0.5, 0.6) is 5.75 Å². The first-order chi connectivity index (χ1) is 11.1. The highest BCUT2D eigenvalue weighted by Gasteiger charge is 2.17. The Bertz CT molecular complexity index is 715. The van der Waals surface area contributed by atoms with Gasteiger partial charge in [-0.05, 0) is 31.3 Å². The summed E-state index contributed by atoms with van der Waals surface area (Å²) in [6.45, 7) is 5.35. The van der Waals surface area contributed by atoms with Crippen molar-refractivity contribution in [3.05, 3.63) is 28.2 Å². The van der Waals surface area contributed by atoms with Crippen molar-refractivity contribution < 1.29 is 9.47 Å². The van der Waals surface area contributed by atoms with Crippen molar-refractivity contribution in [3.63, 3.8) is 0 Å². The van der Waals surface area contributed by atoms with E-state index in [1.54, 1.807) is 7.11 Å². The molecule has 0 spiro atoms. The highest BCUT2D eigenvalue weighted by molar-refractivity contribution is 7.73. The number of anilines is 2. The van der Waals surface area contributed by atoms with Crippen molar-refractivity contribution in [2.75, 3.05) is 32.1 Å². The maximum Gasteiger partial charge on any atom is 0.209 e. The minimum Gasteiger partial charge on any atom is -0.497 e. The van der Waals surface area contributed by atoms with Crippen molar-refractivity contribution in [2.45, 2.75) is 19.7 Å². The normalized spacial score (nSPS) is 18.8. The second-order valence-electron chi connectivity index (χ2n) is 5.43. The lowest BCUT2D eigenvalue weighted by molar-refractivity contribution is -0.0305. The van der Waals surface area contributed by atoms with Gasteiger partial charge in [-0.1, -0.05) is 17.4 Å². The summed E-state index contributed by atoms with van der Waals surface area (Å²) in [6, 6.07) is 7.75. The molecule has 0 amide bonds. The van der Waals surface area contributed by atoms with Crippen molar-refractivity contribution >= 4 is 34.4 Å². The summed E-state index contributed by atoms with van der Waals surface area (Å²) in [4.78, 5) is 2.30. The number of methoxy groups -OCH3 is 1. The van der Waals surface area contributed by atoms with Gasteiger partial charge in [0.25, 0.3) is 0 Å². The Labute approximate surface area is 144 Å². The van der Waals surface area contributed by atoms with E-state index in [2.05, 4.69) is 22.2 Å². The van der Waals surface area contributed by atoms with Crippen LogP contribution in [0.3, 0.4) is 0 Å². The van der Waals surface area contributed by atoms with Gasteiger partial charge in [-0.2, -0.15) is 0 Å². The first kappa shape index (κ1) is 16.4. The standard InChI is InChI=1S/C15H20N4O2S2/c1-11-9-18(6-7-21-11)10-19-15(22)23-14(17-19)16-12-4-3-5-13(8-12)20-2/h3-5,8,11H,6-7,9-10H2,1-2H3,(H,16,17)/t11-/m1/s1. The number of benzene rings is 1. The molecular weight excluding hydrogens is 332 g/mol. The number of rotatable bonds is 5.